The summed E-state index contributed by atoms with van der Waals surface area (Å²) in [6.45, 7) is -0.529. The van der Waals surface area contributed by atoms with Gasteiger partial charge in [-0.3, -0.25) is 0 Å². The van der Waals surface area contributed by atoms with Gasteiger partial charge in [0.15, 0.2) is 25.2 Å². The Morgan fingerprint density at radius 1 is 0.500 bits per heavy atom. The average molecular weight is 1100 g/mol. The van der Waals surface area contributed by atoms with Crippen molar-refractivity contribution in [1.29, 1.82) is 0 Å². The fraction of sp³-hybridized carbons (Fsp3) is 0.938. The van der Waals surface area contributed by atoms with Gasteiger partial charge in [-0.15, -0.1) is 0 Å². The zero-order valence-electron chi connectivity index (χ0n) is 41.7. The van der Waals surface area contributed by atoms with E-state index in [4.69, 9.17) is 47.4 Å². The number of carbonyl (C=O) groups excluding carboxylic acids is 1. The first-order valence-corrected chi connectivity index (χ1v) is 26.2. The molecule has 438 valence electrons. The van der Waals surface area contributed by atoms with Crippen LogP contribution in [0.2, 0.25) is 0 Å². The Labute approximate surface area is 436 Å². The van der Waals surface area contributed by atoms with Crippen molar-refractivity contribution in [2.75, 3.05) is 19.8 Å². The number of hydrogen-bond donors (Lipinski definition) is 17. The van der Waals surface area contributed by atoms with Crippen LogP contribution in [-0.4, -0.2) is 290 Å². The maximum Gasteiger partial charge on any atom is 0.330 e. The lowest BCUT2D eigenvalue weighted by molar-refractivity contribution is -0.350. The minimum atomic E-state index is -1.94. The van der Waals surface area contributed by atoms with Crippen LogP contribution in [0, 0.1) is 17.8 Å². The van der Waals surface area contributed by atoms with Crippen molar-refractivity contribution >= 4 is 5.97 Å². The number of allylic oxidation sites excluding steroid dienone is 1. The lowest BCUT2D eigenvalue weighted by atomic mass is 9.72. The van der Waals surface area contributed by atoms with Crippen molar-refractivity contribution in [3.8, 4) is 0 Å². The Kier molecular flexibility index (Phi) is 20.6. The first kappa shape index (κ1) is 60.3. The third kappa shape index (κ3) is 13.4. The molecule has 0 spiro atoms. The highest BCUT2D eigenvalue weighted by Gasteiger charge is 2.56. The van der Waals surface area contributed by atoms with Crippen LogP contribution in [0.1, 0.15) is 64.7 Å². The van der Waals surface area contributed by atoms with Gasteiger partial charge in [0.05, 0.1) is 68.1 Å². The topological polar surface area (TPSA) is 453 Å². The molecule has 28 nitrogen and oxygen atoms in total. The minimum absolute atomic E-state index is 0.00110. The molecule has 5 heterocycles. The number of rotatable bonds is 15. The van der Waals surface area contributed by atoms with Crippen LogP contribution >= 0.6 is 0 Å². The van der Waals surface area contributed by atoms with Gasteiger partial charge in [0.1, 0.15) is 104 Å². The first-order chi connectivity index (χ1) is 36.0. The fourth-order valence-electron chi connectivity index (χ4n) is 11.8. The fourth-order valence-corrected chi connectivity index (χ4v) is 11.8. The van der Waals surface area contributed by atoms with Crippen LogP contribution in [0.15, 0.2) is 12.2 Å². The summed E-state index contributed by atoms with van der Waals surface area (Å²) < 4.78 is 59.0. The summed E-state index contributed by atoms with van der Waals surface area (Å²) >= 11 is 0. The molecule has 0 aromatic carbocycles. The average Bonchev–Trinajstić information content (AvgIpc) is 3.41. The molecule has 5 saturated heterocycles. The van der Waals surface area contributed by atoms with Crippen molar-refractivity contribution < 1.29 is 139 Å². The minimum Gasteiger partial charge on any atom is -0.460 e. The highest BCUT2D eigenvalue weighted by atomic mass is 16.7. The zero-order valence-corrected chi connectivity index (χ0v) is 41.7. The highest BCUT2D eigenvalue weighted by molar-refractivity contribution is 5.81. The van der Waals surface area contributed by atoms with Crippen molar-refractivity contribution in [3.63, 3.8) is 0 Å². The molecule has 8 rings (SSSR count). The van der Waals surface area contributed by atoms with Gasteiger partial charge >= 0.3 is 5.97 Å². The van der Waals surface area contributed by atoms with E-state index in [2.05, 4.69) is 0 Å². The largest absolute Gasteiger partial charge is 0.460 e. The lowest BCUT2D eigenvalue weighted by Crippen LogP contribution is -2.64. The summed E-state index contributed by atoms with van der Waals surface area (Å²) in [7, 11) is 0. The zero-order chi connectivity index (χ0) is 55.0. The molecule has 3 saturated carbocycles. The molecule has 76 heavy (non-hydrogen) atoms. The Bertz CT molecular complexity index is 1860. The van der Waals surface area contributed by atoms with Crippen molar-refractivity contribution in [1.82, 2.24) is 0 Å². The number of hydrogen-bond acceptors (Lipinski definition) is 28. The third-order valence-corrected chi connectivity index (χ3v) is 16.5. The van der Waals surface area contributed by atoms with Crippen molar-refractivity contribution in [2.45, 2.75) is 242 Å². The number of aliphatic hydroxyl groups excluding tert-OH is 17. The van der Waals surface area contributed by atoms with Gasteiger partial charge in [-0.1, -0.05) is 6.08 Å². The van der Waals surface area contributed by atoms with Crippen LogP contribution in [0.4, 0.5) is 0 Å². The predicted molar refractivity (Wildman–Crippen MR) is 245 cm³/mol. The highest BCUT2D eigenvalue weighted by Crippen LogP contribution is 2.45. The van der Waals surface area contributed by atoms with E-state index >= 15 is 0 Å². The van der Waals surface area contributed by atoms with Crippen molar-refractivity contribution in [2.24, 2.45) is 17.8 Å². The van der Waals surface area contributed by atoms with E-state index < -0.39 is 215 Å². The summed E-state index contributed by atoms with van der Waals surface area (Å²) in [5.41, 5.74) is 0. The summed E-state index contributed by atoms with van der Waals surface area (Å²) in [6, 6.07) is 0. The van der Waals surface area contributed by atoms with E-state index in [9.17, 15) is 91.6 Å². The van der Waals surface area contributed by atoms with Crippen LogP contribution in [0.5, 0.6) is 0 Å². The molecule has 10 unspecified atom stereocenters. The Hall–Kier alpha value is -1.83. The third-order valence-electron chi connectivity index (χ3n) is 16.5. The molecular weight excluding hydrogens is 1020 g/mol. The Morgan fingerprint density at radius 2 is 1.04 bits per heavy atom. The molecule has 17 N–H and O–H groups in total. The van der Waals surface area contributed by atoms with E-state index in [1.807, 2.05) is 0 Å². The molecule has 0 radical (unpaired) electrons. The molecular formula is C48H78O28. The van der Waals surface area contributed by atoms with E-state index in [1.54, 1.807) is 6.08 Å². The number of aliphatic hydroxyl groups is 17. The molecule has 8 fully saturated rings. The van der Waals surface area contributed by atoms with Gasteiger partial charge in [-0.2, -0.15) is 0 Å². The molecule has 0 aromatic heterocycles. The summed E-state index contributed by atoms with van der Waals surface area (Å²) in [5.74, 6) is -2.41. The van der Waals surface area contributed by atoms with Crippen LogP contribution < -0.4 is 0 Å². The Balaban J connectivity index is 0.989. The van der Waals surface area contributed by atoms with Gasteiger partial charge < -0.3 is 134 Å². The number of fused-ring (bicyclic) bond motifs is 1. The number of ether oxygens (including phenoxy) is 10. The predicted octanol–water partition coefficient (Wildman–Crippen LogP) is -7.89. The van der Waals surface area contributed by atoms with E-state index in [1.165, 1.54) is 13.0 Å². The number of esters is 1. The van der Waals surface area contributed by atoms with E-state index in [0.29, 0.717) is 25.7 Å². The lowest BCUT2D eigenvalue weighted by Gasteiger charge is -2.52. The molecule has 28 heteroatoms. The van der Waals surface area contributed by atoms with Gasteiger partial charge in [-0.05, 0) is 63.7 Å². The quantitative estimate of drug-likeness (QED) is 0.0535. The van der Waals surface area contributed by atoms with E-state index in [-0.39, 0.29) is 38.0 Å². The van der Waals surface area contributed by atoms with Gasteiger partial charge in [0.25, 0.3) is 0 Å². The maximum atomic E-state index is 12.7. The van der Waals surface area contributed by atoms with Crippen molar-refractivity contribution in [3.05, 3.63) is 12.2 Å². The Morgan fingerprint density at radius 3 is 1.66 bits per heavy atom. The monoisotopic (exact) mass is 1100 g/mol. The van der Waals surface area contributed by atoms with Crippen LogP contribution in [-0.2, 0) is 52.2 Å². The summed E-state index contributed by atoms with van der Waals surface area (Å²) in [5, 5.41) is 183. The molecule has 5 aliphatic heterocycles. The summed E-state index contributed by atoms with van der Waals surface area (Å²) in [6.07, 6.45) is -39.0. The van der Waals surface area contributed by atoms with Gasteiger partial charge in [0.2, 0.25) is 0 Å². The van der Waals surface area contributed by atoms with Crippen LogP contribution in [0.3, 0.4) is 0 Å². The van der Waals surface area contributed by atoms with Gasteiger partial charge in [0, 0.05) is 24.8 Å². The van der Waals surface area contributed by atoms with Crippen LogP contribution in [0.25, 0.3) is 0 Å². The standard InChI is InChI=1S/C48H78O28/c1-16-31(54)36(59)40(63)45(69-16)68-15-29-35(58)39(62)43(66)48(76-29)73-26-12-21-22(51)10-20(70-46-41(64)37(60)33(56)27(13-49)74-46)11-24(21)71-44(26)18-8-23(52)32(55)25(9-18)72-47-42(65)38(61)34(57)28(75-47)14-67-30(53)7-4-17-2-5-19(50)6-3-17/h4,7,16-29,31-52,54-66H,2-3,5-6,8-15H2,1H3/t16-,17?,18?,19?,20?,21?,22?,23?,24?,25?,26?,27+,28+,29+,31-,32?,33+,34+,35+,36+,37-,38-,39-,40+,41+,42+,43+,44?,45+,46+,47+,48+/m0/s1. The SMILES string of the molecule is C[C@@H]1O[C@@H](OC[C@H]2O[C@@H](OC3CC4C(O)CC(O[C@@H]5O[C@H](CO)[C@@H](O)[C@H](O)[C@H]5O)CC4OC3C3CC(O)C(O)C(O[C@@H]4O[C@H](COC(=O)C=CC5CCC(O)CC5)[C@@H](O)[C@H](O)[C@H]4O)C3)[C@H](O)[C@@H](O)[C@@H]2O)[C@H](O)[C@H](O)[C@H]1O. The molecule has 0 aromatic rings. The molecule has 30 atom stereocenters. The smallest absolute Gasteiger partial charge is 0.330 e. The second-order valence-electron chi connectivity index (χ2n) is 21.8. The second kappa shape index (κ2) is 26.0. The molecule has 0 amide bonds. The molecule has 3 aliphatic carbocycles. The van der Waals surface area contributed by atoms with Gasteiger partial charge in [-0.25, -0.2) is 4.79 Å². The normalized spacial score (nSPS) is 52.5. The maximum absolute atomic E-state index is 12.7. The molecule has 8 aliphatic rings. The number of carbonyl (C=O) groups is 1. The summed E-state index contributed by atoms with van der Waals surface area (Å²) in [4.78, 5) is 12.7. The first-order valence-electron chi connectivity index (χ1n) is 26.2. The second-order valence-corrected chi connectivity index (χ2v) is 21.8. The van der Waals surface area contributed by atoms with E-state index in [0.717, 1.165) is 0 Å². The molecule has 0 bridgehead atoms.